The predicted octanol–water partition coefficient (Wildman–Crippen LogP) is 2.02. The fourth-order valence-corrected chi connectivity index (χ4v) is 4.04. The van der Waals surface area contributed by atoms with Crippen LogP contribution in [0.2, 0.25) is 0 Å². The van der Waals surface area contributed by atoms with E-state index >= 15 is 0 Å². The van der Waals surface area contributed by atoms with Gasteiger partial charge >= 0.3 is 11.9 Å². The number of benzene rings is 1. The minimum Gasteiger partial charge on any atom is -0.467 e. The molecule has 2 aromatic rings. The van der Waals surface area contributed by atoms with Gasteiger partial charge in [0.2, 0.25) is 0 Å². The third-order valence-electron chi connectivity index (χ3n) is 5.62. The number of aryl methyl sites for hydroxylation is 2. The number of nitrogens with one attached hydrogen (secondary N) is 1. The summed E-state index contributed by atoms with van der Waals surface area (Å²) >= 11 is 0. The van der Waals surface area contributed by atoms with Crippen LogP contribution in [-0.4, -0.2) is 58.1 Å². The van der Waals surface area contributed by atoms with Crippen LogP contribution in [0.5, 0.6) is 0 Å². The Morgan fingerprint density at radius 3 is 2.91 bits per heavy atom. The zero-order valence-electron chi connectivity index (χ0n) is 19.2. The first-order valence-corrected chi connectivity index (χ1v) is 11.0. The smallest absolute Gasteiger partial charge is 0.340 e. The SMILES string of the molecule is CCOC(=O)CCCn1nnnc1C(NCc1cc(C)ccc1F)C1(C(=O)OC)CCCO1. The van der Waals surface area contributed by atoms with Crippen molar-refractivity contribution in [1.29, 1.82) is 0 Å². The van der Waals surface area contributed by atoms with Crippen LogP contribution in [0.1, 0.15) is 55.6 Å². The van der Waals surface area contributed by atoms with E-state index in [4.69, 9.17) is 14.2 Å². The standard InChI is InChI=1S/C22H30FN5O5/c1-4-32-18(29)7-5-11-28-20(25-26-27-28)19(22(21(30)31-3)10-6-12-33-22)24-14-16-13-15(2)8-9-17(16)23/h8-9,13,19,24H,4-7,10-12,14H2,1-3H3. The van der Waals surface area contributed by atoms with Crippen molar-refractivity contribution in [3.63, 3.8) is 0 Å². The summed E-state index contributed by atoms with van der Waals surface area (Å²) < 4.78 is 31.9. The summed E-state index contributed by atoms with van der Waals surface area (Å²) in [4.78, 5) is 24.6. The molecule has 2 atom stereocenters. The average Bonchev–Trinajstić information content (AvgIpc) is 3.47. The number of esters is 2. The molecule has 1 N–H and O–H groups in total. The van der Waals surface area contributed by atoms with Gasteiger partial charge in [0.05, 0.1) is 13.7 Å². The molecule has 11 heteroatoms. The summed E-state index contributed by atoms with van der Waals surface area (Å²) in [7, 11) is 1.30. The first kappa shape index (κ1) is 24.7. The van der Waals surface area contributed by atoms with Crippen LogP contribution in [0.15, 0.2) is 18.2 Å². The number of halogens is 1. The summed E-state index contributed by atoms with van der Waals surface area (Å²) in [5, 5.41) is 15.2. The number of carbonyl (C=O) groups excluding carboxylic acids is 2. The fraction of sp³-hybridized carbons (Fsp3) is 0.591. The summed E-state index contributed by atoms with van der Waals surface area (Å²) in [6.45, 7) is 4.76. The normalized spacial score (nSPS) is 18.8. The largest absolute Gasteiger partial charge is 0.467 e. The second kappa shape index (κ2) is 11.3. The van der Waals surface area contributed by atoms with Gasteiger partial charge in [-0.3, -0.25) is 4.79 Å². The minimum absolute atomic E-state index is 0.121. The topological polar surface area (TPSA) is 117 Å². The number of carbonyl (C=O) groups is 2. The molecule has 2 unspecified atom stereocenters. The summed E-state index contributed by atoms with van der Waals surface area (Å²) in [5.74, 6) is -0.871. The Labute approximate surface area is 191 Å². The first-order chi connectivity index (χ1) is 15.9. The molecule has 0 bridgehead atoms. The monoisotopic (exact) mass is 463 g/mol. The van der Waals surface area contributed by atoms with Gasteiger partial charge in [0.1, 0.15) is 11.9 Å². The molecule has 0 amide bonds. The molecule has 2 heterocycles. The molecule has 3 rings (SSSR count). The molecular weight excluding hydrogens is 433 g/mol. The molecule has 1 fully saturated rings. The molecular formula is C22H30FN5O5. The van der Waals surface area contributed by atoms with Gasteiger partial charge in [0.25, 0.3) is 0 Å². The lowest BCUT2D eigenvalue weighted by molar-refractivity contribution is -0.168. The van der Waals surface area contributed by atoms with Crippen LogP contribution >= 0.6 is 0 Å². The predicted molar refractivity (Wildman–Crippen MR) is 114 cm³/mol. The van der Waals surface area contributed by atoms with Gasteiger partial charge in [-0.2, -0.15) is 0 Å². The van der Waals surface area contributed by atoms with Gasteiger partial charge in [0.15, 0.2) is 11.4 Å². The van der Waals surface area contributed by atoms with Crippen LogP contribution in [-0.2, 0) is 36.9 Å². The van der Waals surface area contributed by atoms with Crippen molar-refractivity contribution in [3.05, 3.63) is 41.0 Å². The van der Waals surface area contributed by atoms with Crippen molar-refractivity contribution in [3.8, 4) is 0 Å². The molecule has 1 saturated heterocycles. The summed E-state index contributed by atoms with van der Waals surface area (Å²) in [6, 6.07) is 4.03. The maximum Gasteiger partial charge on any atom is 0.340 e. The fourth-order valence-electron chi connectivity index (χ4n) is 4.04. The van der Waals surface area contributed by atoms with Gasteiger partial charge < -0.3 is 19.5 Å². The van der Waals surface area contributed by atoms with Crippen LogP contribution in [0, 0.1) is 12.7 Å². The van der Waals surface area contributed by atoms with Gasteiger partial charge in [-0.15, -0.1) is 5.10 Å². The van der Waals surface area contributed by atoms with Gasteiger partial charge in [-0.25, -0.2) is 13.9 Å². The molecule has 0 radical (unpaired) electrons. The van der Waals surface area contributed by atoms with Crippen LogP contribution in [0.4, 0.5) is 4.39 Å². The zero-order chi connectivity index (χ0) is 23.8. The number of nitrogens with zero attached hydrogens (tertiary/aromatic N) is 4. The number of methoxy groups -OCH3 is 1. The van der Waals surface area contributed by atoms with Gasteiger partial charge in [0, 0.05) is 31.7 Å². The highest BCUT2D eigenvalue weighted by molar-refractivity contribution is 5.81. The molecule has 10 nitrogen and oxygen atoms in total. The van der Waals surface area contributed by atoms with Crippen LogP contribution in [0.3, 0.4) is 0 Å². The maximum absolute atomic E-state index is 14.4. The third-order valence-corrected chi connectivity index (χ3v) is 5.62. The Morgan fingerprint density at radius 2 is 2.21 bits per heavy atom. The van der Waals surface area contributed by atoms with Crippen molar-refractivity contribution in [2.45, 2.75) is 64.3 Å². The van der Waals surface area contributed by atoms with E-state index in [-0.39, 0.29) is 24.8 Å². The molecule has 1 aromatic carbocycles. The summed E-state index contributed by atoms with van der Waals surface area (Å²) in [5.41, 5.74) is -0.00413. The number of ether oxygens (including phenoxy) is 3. The number of rotatable bonds is 11. The second-order valence-electron chi connectivity index (χ2n) is 7.91. The minimum atomic E-state index is -1.36. The van der Waals surface area contributed by atoms with E-state index in [2.05, 4.69) is 20.8 Å². The Morgan fingerprint density at radius 1 is 1.39 bits per heavy atom. The molecule has 0 spiro atoms. The molecule has 0 saturated carbocycles. The van der Waals surface area contributed by atoms with Crippen LogP contribution in [0.25, 0.3) is 0 Å². The Kier molecular flexibility index (Phi) is 8.45. The van der Waals surface area contributed by atoms with Crippen molar-refractivity contribution in [2.75, 3.05) is 20.3 Å². The number of aromatic nitrogens is 4. The average molecular weight is 464 g/mol. The van der Waals surface area contributed by atoms with E-state index in [1.165, 1.54) is 17.9 Å². The third kappa shape index (κ3) is 5.72. The van der Waals surface area contributed by atoms with Gasteiger partial charge in [-0.1, -0.05) is 17.7 Å². The highest BCUT2D eigenvalue weighted by Crippen LogP contribution is 2.38. The number of hydrogen-bond acceptors (Lipinski definition) is 9. The van der Waals surface area contributed by atoms with E-state index in [9.17, 15) is 14.0 Å². The van der Waals surface area contributed by atoms with Crippen molar-refractivity contribution in [1.82, 2.24) is 25.5 Å². The van der Waals surface area contributed by atoms with Crippen molar-refractivity contribution < 1.29 is 28.2 Å². The van der Waals surface area contributed by atoms with Crippen LogP contribution < -0.4 is 5.32 Å². The molecule has 1 aliphatic heterocycles. The molecule has 1 aromatic heterocycles. The quantitative estimate of drug-likeness (QED) is 0.499. The second-order valence-corrected chi connectivity index (χ2v) is 7.91. The maximum atomic E-state index is 14.4. The Balaban J connectivity index is 1.88. The van der Waals surface area contributed by atoms with Crippen molar-refractivity contribution >= 4 is 11.9 Å². The van der Waals surface area contributed by atoms with E-state index < -0.39 is 17.6 Å². The summed E-state index contributed by atoms with van der Waals surface area (Å²) in [6.07, 6.45) is 1.69. The molecule has 180 valence electrons. The highest BCUT2D eigenvalue weighted by Gasteiger charge is 2.53. The Hall–Kier alpha value is -2.92. The lowest BCUT2D eigenvalue weighted by Crippen LogP contribution is -2.51. The number of hydrogen-bond donors (Lipinski definition) is 1. The van der Waals surface area contributed by atoms with E-state index in [0.29, 0.717) is 50.4 Å². The molecule has 1 aliphatic rings. The zero-order valence-corrected chi connectivity index (χ0v) is 19.2. The van der Waals surface area contributed by atoms with Gasteiger partial charge in [-0.05, 0) is 49.6 Å². The molecule has 0 aliphatic carbocycles. The Bertz CT molecular complexity index is 960. The van der Waals surface area contributed by atoms with Crippen molar-refractivity contribution in [2.24, 2.45) is 0 Å². The number of tetrazole rings is 1. The van der Waals surface area contributed by atoms with E-state index in [1.54, 1.807) is 19.1 Å². The van der Waals surface area contributed by atoms with E-state index in [1.807, 2.05) is 6.92 Å². The highest BCUT2D eigenvalue weighted by atomic mass is 19.1. The lowest BCUT2D eigenvalue weighted by Gasteiger charge is -2.34. The first-order valence-electron chi connectivity index (χ1n) is 11.0. The lowest BCUT2D eigenvalue weighted by atomic mass is 9.89. The van der Waals surface area contributed by atoms with E-state index in [0.717, 1.165) is 5.56 Å². The molecule has 33 heavy (non-hydrogen) atoms.